The summed E-state index contributed by atoms with van der Waals surface area (Å²) in [7, 11) is 0. The molecule has 146 heavy (non-hydrogen) atoms. The largest absolute Gasteiger partial charge is 0.276 e. The number of nitrogens with zero attached hydrogens (tertiary/aromatic N) is 9. The van der Waals surface area contributed by atoms with Gasteiger partial charge in [0.05, 0.1) is 80.8 Å². The molecule has 0 bridgehead atoms. The van der Waals surface area contributed by atoms with Crippen molar-refractivity contribution in [3.05, 3.63) is 467 Å². The lowest BCUT2D eigenvalue weighted by Crippen LogP contribution is -2.04. The topological polar surface area (TPSA) is 92.1 Å². The number of hydrogen-bond acceptors (Lipinski definition) is 9. The highest BCUT2D eigenvalue weighted by Gasteiger charge is 2.31. The second kappa shape index (κ2) is 32.5. The summed E-state index contributed by atoms with van der Waals surface area (Å²) in [6.07, 6.45) is 0. The van der Waals surface area contributed by atoms with Crippen LogP contribution in [0.2, 0.25) is 0 Å². The van der Waals surface area contributed by atoms with Gasteiger partial charge in [-0.25, -0.2) is 29.9 Å². The van der Waals surface area contributed by atoms with Gasteiger partial charge in [0.2, 0.25) is 17.8 Å². The Morgan fingerprint density at radius 3 is 0.842 bits per heavy atom. The summed E-state index contributed by atoms with van der Waals surface area (Å²) in [5.41, 5.74) is 18.0. The first-order valence-electron chi connectivity index (χ1n) is 49.4. The van der Waals surface area contributed by atoms with Crippen molar-refractivity contribution >= 4 is 279 Å². The molecular weight excluding hydrogens is 1830 g/mol. The summed E-state index contributed by atoms with van der Waals surface area (Å²) in [6, 6.07) is 168. The molecule has 676 valence electrons. The Balaban J connectivity index is 0.0000000995. The number of thiophene rings is 3. The number of para-hydroxylation sites is 3. The number of fused-ring (bicyclic) bond motifs is 41. The third-order valence-corrected chi connectivity index (χ3v) is 33.6. The van der Waals surface area contributed by atoms with E-state index in [1.54, 1.807) is 0 Å². The van der Waals surface area contributed by atoms with Gasteiger partial charge in [0, 0.05) is 112 Å². The first kappa shape index (κ1) is 82.2. The quantitative estimate of drug-likeness (QED) is 0.148. The zero-order valence-electron chi connectivity index (χ0n) is 78.2. The molecule has 0 fully saturated rings. The third kappa shape index (κ3) is 12.4. The number of aromatic nitrogens is 9. The minimum absolute atomic E-state index is 0.676. The SMILES string of the molecule is c1ccc(-c2ccc(-c3nc(-n4c5ccccc5c5c6ccccc6c6c7ccccc7sc6c54)nc4ccc5ccccc5c34)cc2)cc1.c1ccc2c(-c3nc(-n4c5ccccc5c5c6ccccc6c6c7ccccc7sc6c54)nc4ccc5ccccc5c34)cccc2c1.c1ccc2cc(-c3nc(-n4c5ccccc5c5c6ccccc6c6c7ccccc7sc6c54)nc4ccc5ccccc5c34)ccc2c1. The van der Waals surface area contributed by atoms with Crippen molar-refractivity contribution in [3.63, 3.8) is 0 Å². The highest BCUT2D eigenvalue weighted by Crippen LogP contribution is 2.54. The van der Waals surface area contributed by atoms with Crippen LogP contribution in [0.15, 0.2) is 467 Å². The molecule has 0 aliphatic carbocycles. The molecule has 9 aromatic heterocycles. The van der Waals surface area contributed by atoms with Crippen molar-refractivity contribution < 1.29 is 0 Å². The molecule has 33 rings (SSSR count). The van der Waals surface area contributed by atoms with Crippen LogP contribution in [0, 0.1) is 0 Å². The molecule has 0 N–H and O–H groups in total. The van der Waals surface area contributed by atoms with E-state index in [0.717, 1.165) is 116 Å². The second-order valence-corrected chi connectivity index (χ2v) is 41.1. The Morgan fingerprint density at radius 2 is 0.432 bits per heavy atom. The van der Waals surface area contributed by atoms with E-state index in [4.69, 9.17) is 29.9 Å². The maximum absolute atomic E-state index is 5.61. The third-order valence-electron chi connectivity index (χ3n) is 30.1. The normalized spacial score (nSPS) is 12.1. The molecule has 12 heteroatoms. The Kier molecular flexibility index (Phi) is 18.3. The molecule has 0 aliphatic heterocycles. The van der Waals surface area contributed by atoms with E-state index < -0.39 is 0 Å². The van der Waals surface area contributed by atoms with Crippen LogP contribution in [0.4, 0.5) is 0 Å². The van der Waals surface area contributed by atoms with Crippen molar-refractivity contribution in [2.75, 3.05) is 0 Å². The Morgan fingerprint density at radius 1 is 0.158 bits per heavy atom. The number of benzene rings is 24. The molecule has 0 aliphatic rings. The fourth-order valence-electron chi connectivity index (χ4n) is 23.8. The van der Waals surface area contributed by atoms with Crippen LogP contribution in [0.5, 0.6) is 0 Å². The van der Waals surface area contributed by atoms with Crippen LogP contribution in [0.1, 0.15) is 0 Å². The van der Waals surface area contributed by atoms with Crippen LogP contribution in [-0.4, -0.2) is 43.6 Å². The first-order valence-corrected chi connectivity index (χ1v) is 51.9. The lowest BCUT2D eigenvalue weighted by Gasteiger charge is -2.15. The van der Waals surface area contributed by atoms with Crippen molar-refractivity contribution in [1.29, 1.82) is 0 Å². The maximum Gasteiger partial charge on any atom is 0.235 e. The van der Waals surface area contributed by atoms with Crippen LogP contribution < -0.4 is 0 Å². The van der Waals surface area contributed by atoms with E-state index in [9.17, 15) is 0 Å². The molecule has 33 aromatic rings. The number of hydrogen-bond donors (Lipinski definition) is 0. The monoisotopic (exact) mass is 1910 g/mol. The van der Waals surface area contributed by atoms with E-state index in [0.29, 0.717) is 17.8 Å². The van der Waals surface area contributed by atoms with Gasteiger partial charge in [-0.05, 0) is 158 Å². The molecule has 24 aromatic carbocycles. The molecule has 0 saturated heterocycles. The van der Waals surface area contributed by atoms with Crippen LogP contribution >= 0.6 is 34.0 Å². The predicted octanol–water partition coefficient (Wildman–Crippen LogP) is 37.2. The molecule has 9 nitrogen and oxygen atoms in total. The van der Waals surface area contributed by atoms with Crippen LogP contribution in [-0.2, 0) is 0 Å². The van der Waals surface area contributed by atoms with Crippen molar-refractivity contribution in [3.8, 4) is 62.7 Å². The molecule has 9 heterocycles. The molecular formula is C134H77N9S3. The minimum atomic E-state index is 0.676. The highest BCUT2D eigenvalue weighted by atomic mass is 32.1. The highest BCUT2D eigenvalue weighted by molar-refractivity contribution is 7.28. The molecule has 0 radical (unpaired) electrons. The summed E-state index contributed by atoms with van der Waals surface area (Å²) in [4.78, 5) is 33.0. The van der Waals surface area contributed by atoms with E-state index in [1.165, 1.54) is 174 Å². The molecule has 0 spiro atoms. The number of rotatable bonds is 7. The summed E-state index contributed by atoms with van der Waals surface area (Å²) < 4.78 is 14.6. The van der Waals surface area contributed by atoms with Gasteiger partial charge in [-0.15, -0.1) is 34.0 Å². The summed E-state index contributed by atoms with van der Waals surface area (Å²) >= 11 is 5.58. The van der Waals surface area contributed by atoms with E-state index in [-0.39, 0.29) is 0 Å². The van der Waals surface area contributed by atoms with Crippen LogP contribution in [0.25, 0.3) is 308 Å². The van der Waals surface area contributed by atoms with Gasteiger partial charge in [0.15, 0.2) is 0 Å². The fraction of sp³-hybridized carbons (Fsp3) is 0. The smallest absolute Gasteiger partial charge is 0.235 e. The Labute approximate surface area is 845 Å². The molecule has 0 amide bonds. The van der Waals surface area contributed by atoms with Gasteiger partial charge in [-0.1, -0.05) is 406 Å². The predicted molar refractivity (Wildman–Crippen MR) is 622 cm³/mol. The van der Waals surface area contributed by atoms with Gasteiger partial charge >= 0.3 is 0 Å². The summed E-state index contributed by atoms with van der Waals surface area (Å²) in [6.45, 7) is 0. The Hall–Kier alpha value is -18.6. The minimum Gasteiger partial charge on any atom is -0.276 e. The van der Waals surface area contributed by atoms with E-state index in [2.05, 4.69) is 481 Å². The fourth-order valence-corrected chi connectivity index (χ4v) is 27.6. The van der Waals surface area contributed by atoms with Gasteiger partial charge in [0.25, 0.3) is 0 Å². The van der Waals surface area contributed by atoms with Gasteiger partial charge in [0.1, 0.15) is 0 Å². The van der Waals surface area contributed by atoms with Gasteiger partial charge < -0.3 is 0 Å². The van der Waals surface area contributed by atoms with Gasteiger partial charge in [-0.3, -0.25) is 13.7 Å². The average Bonchev–Trinajstić information content (AvgIpc) is 1.54. The second-order valence-electron chi connectivity index (χ2n) is 38.0. The maximum atomic E-state index is 5.61. The lowest BCUT2D eigenvalue weighted by molar-refractivity contribution is 1.02. The zero-order valence-corrected chi connectivity index (χ0v) is 80.7. The zero-order chi connectivity index (χ0) is 95.5. The average molecular weight is 1910 g/mol. The van der Waals surface area contributed by atoms with E-state index >= 15 is 0 Å². The van der Waals surface area contributed by atoms with Crippen molar-refractivity contribution in [2.24, 2.45) is 0 Å². The van der Waals surface area contributed by atoms with E-state index in [1.807, 2.05) is 34.0 Å². The first-order chi connectivity index (χ1) is 72.5. The summed E-state index contributed by atoms with van der Waals surface area (Å²) in [5.74, 6) is 2.04. The molecule has 0 saturated carbocycles. The molecule has 0 atom stereocenters. The van der Waals surface area contributed by atoms with Crippen molar-refractivity contribution in [2.45, 2.75) is 0 Å². The summed E-state index contributed by atoms with van der Waals surface area (Å²) in [5, 5.41) is 37.7. The standard InChI is InChI=1S/C46H27N3S.2C44H25N3S/c1-2-12-28(13-3-1)29-22-24-31(25-23-29)43-42-32-15-5-4-14-30(32)26-27-37(42)47-46(48-43)49-38-20-10-8-18-35(38)40-33-16-6-7-17-34(33)41-36-19-9-11-21-39(36)50-45(41)44(40)49;1-3-15-28-26(12-1)14-11-21-32(28)41-40-29-16-4-2-13-27(29)24-25-35(40)45-44(46-41)47-36-22-9-7-19-33(36)38-30-17-5-6-18-31(30)39-34-20-8-10-23-37(34)48-43(39)42(38)47;1-2-13-28-25-29(22-21-26(28)11-1)41-40-30-14-4-3-12-27(30)23-24-35(40)45-44(46-41)47-36-19-9-7-17-33(36)38-31-15-5-6-16-32(31)39-34-18-8-10-20-37(34)48-43(39)42(38)47/h1-27H;2*1-25H. The van der Waals surface area contributed by atoms with Crippen LogP contribution in [0.3, 0.4) is 0 Å². The molecule has 0 unspecified atom stereocenters. The van der Waals surface area contributed by atoms with Gasteiger partial charge in [-0.2, -0.15) is 0 Å². The Bertz CT molecular complexity index is 11400. The lowest BCUT2D eigenvalue weighted by atomic mass is 9.96. The van der Waals surface area contributed by atoms with Crippen molar-refractivity contribution in [1.82, 2.24) is 43.6 Å².